The monoisotopic (exact) mass is 465 g/mol. The van der Waals surface area contributed by atoms with E-state index in [1.807, 2.05) is 18.2 Å². The number of Topliss-reactive ketones (excluding diaryl/α,β-unsaturated/α-hetero) is 1. The highest BCUT2D eigenvalue weighted by Gasteiger charge is 2.43. The topological polar surface area (TPSA) is 47.3 Å². The Labute approximate surface area is 209 Å². The zero-order valence-electron chi connectivity index (χ0n) is 21.3. The van der Waals surface area contributed by atoms with Gasteiger partial charge in [-0.05, 0) is 77.8 Å². The summed E-state index contributed by atoms with van der Waals surface area (Å²) < 4.78 is 0. The van der Waals surface area contributed by atoms with Crippen molar-refractivity contribution in [3.8, 4) is 6.07 Å². The Kier molecular flexibility index (Phi) is 5.38. The summed E-state index contributed by atoms with van der Waals surface area (Å²) in [4.78, 5) is 19.2. The maximum atomic E-state index is 13.9. The predicted molar refractivity (Wildman–Crippen MR) is 141 cm³/mol. The molecule has 4 nitrogen and oxygen atoms in total. The molecule has 0 unspecified atom stereocenters. The Balaban J connectivity index is 1.36. The molecule has 4 heteroatoms. The highest BCUT2D eigenvalue weighted by atomic mass is 16.1. The van der Waals surface area contributed by atoms with Gasteiger partial charge >= 0.3 is 0 Å². The van der Waals surface area contributed by atoms with Crippen molar-refractivity contribution in [2.24, 2.45) is 0 Å². The van der Waals surface area contributed by atoms with Crippen LogP contribution < -0.4 is 4.90 Å². The van der Waals surface area contributed by atoms with Gasteiger partial charge in [-0.2, -0.15) is 5.26 Å². The maximum absolute atomic E-state index is 13.9. The van der Waals surface area contributed by atoms with Crippen LogP contribution >= 0.6 is 0 Å². The normalized spacial score (nSPS) is 21.7. The molecule has 0 radical (unpaired) electrons. The number of hydrogen-bond acceptors (Lipinski definition) is 4. The van der Waals surface area contributed by atoms with Crippen LogP contribution in [0.2, 0.25) is 0 Å². The van der Waals surface area contributed by atoms with Crippen molar-refractivity contribution >= 4 is 17.0 Å². The molecule has 4 aliphatic rings. The fourth-order valence-corrected chi connectivity index (χ4v) is 7.10. The van der Waals surface area contributed by atoms with Crippen LogP contribution in [-0.2, 0) is 18.3 Å². The lowest BCUT2D eigenvalue weighted by Crippen LogP contribution is -2.50. The number of carbonyl (C=O) groups excluding carboxylic acids is 1. The van der Waals surface area contributed by atoms with E-state index >= 15 is 0 Å². The summed E-state index contributed by atoms with van der Waals surface area (Å²) in [6.45, 7) is 11.2. The molecule has 1 aliphatic heterocycles. The number of carbonyl (C=O) groups is 1. The molecule has 35 heavy (non-hydrogen) atoms. The van der Waals surface area contributed by atoms with Crippen molar-refractivity contribution in [2.75, 3.05) is 31.1 Å². The Bertz CT molecular complexity index is 1280. The fraction of sp³-hybridized carbons (Fsp3) is 0.484. The van der Waals surface area contributed by atoms with E-state index in [1.54, 1.807) is 0 Å². The summed E-state index contributed by atoms with van der Waals surface area (Å²) in [6, 6.07) is 13.4. The largest absolute Gasteiger partial charge is 0.369 e. The van der Waals surface area contributed by atoms with E-state index in [2.05, 4.69) is 48.8 Å². The Morgan fingerprint density at radius 2 is 1.77 bits per heavy atom. The average molecular weight is 466 g/mol. The second-order valence-corrected chi connectivity index (χ2v) is 11.3. The maximum Gasteiger partial charge on any atom is 0.193 e. The van der Waals surface area contributed by atoms with Crippen LogP contribution in [0.5, 0.6) is 0 Å². The van der Waals surface area contributed by atoms with Gasteiger partial charge in [-0.3, -0.25) is 9.69 Å². The van der Waals surface area contributed by atoms with Crippen LogP contribution in [0.3, 0.4) is 0 Å². The second kappa shape index (κ2) is 8.35. The third kappa shape index (κ3) is 3.47. The summed E-state index contributed by atoms with van der Waals surface area (Å²) >= 11 is 0. The van der Waals surface area contributed by atoms with Crippen molar-refractivity contribution in [3.05, 3.63) is 69.3 Å². The molecule has 2 aromatic carbocycles. The van der Waals surface area contributed by atoms with E-state index < -0.39 is 0 Å². The Hall–Kier alpha value is -2.90. The highest BCUT2D eigenvalue weighted by molar-refractivity contribution is 6.33. The van der Waals surface area contributed by atoms with E-state index in [0.29, 0.717) is 5.56 Å². The zero-order chi connectivity index (χ0) is 24.3. The Morgan fingerprint density at radius 3 is 2.46 bits per heavy atom. The molecule has 2 aromatic rings. The number of nitrogens with zero attached hydrogens (tertiary/aromatic N) is 3. The minimum absolute atomic E-state index is 0.157. The van der Waals surface area contributed by atoms with Gasteiger partial charge in [0.2, 0.25) is 0 Å². The molecule has 180 valence electrons. The number of nitriles is 1. The smallest absolute Gasteiger partial charge is 0.193 e. The summed E-state index contributed by atoms with van der Waals surface area (Å²) in [5, 5.41) is 9.38. The zero-order valence-corrected chi connectivity index (χ0v) is 21.3. The fourth-order valence-electron chi connectivity index (χ4n) is 7.10. The van der Waals surface area contributed by atoms with Gasteiger partial charge in [-0.25, -0.2) is 0 Å². The number of benzene rings is 2. The number of allylic oxidation sites excluding steroid dienone is 2. The molecule has 0 amide bonds. The summed E-state index contributed by atoms with van der Waals surface area (Å²) in [5.74, 6) is 0.157. The first-order valence-electron chi connectivity index (χ1n) is 13.4. The first kappa shape index (κ1) is 22.6. The number of piperazine rings is 1. The number of aryl methyl sites for hydroxylation is 1. The third-order valence-corrected chi connectivity index (χ3v) is 9.17. The van der Waals surface area contributed by atoms with Gasteiger partial charge in [-0.1, -0.05) is 39.7 Å². The van der Waals surface area contributed by atoms with E-state index in [4.69, 9.17) is 0 Å². The number of ketones is 1. The lowest BCUT2D eigenvalue weighted by Gasteiger charge is -2.41. The van der Waals surface area contributed by atoms with Crippen molar-refractivity contribution in [2.45, 2.75) is 70.8 Å². The third-order valence-electron chi connectivity index (χ3n) is 9.17. The number of fused-ring (bicyclic) bond motifs is 3. The highest BCUT2D eigenvalue weighted by Crippen LogP contribution is 2.51. The quantitative estimate of drug-likeness (QED) is 0.586. The van der Waals surface area contributed by atoms with Gasteiger partial charge in [0, 0.05) is 54.5 Å². The van der Waals surface area contributed by atoms with E-state index in [9.17, 15) is 10.1 Å². The van der Waals surface area contributed by atoms with E-state index in [-0.39, 0.29) is 11.2 Å². The van der Waals surface area contributed by atoms with Gasteiger partial charge in [0.25, 0.3) is 0 Å². The summed E-state index contributed by atoms with van der Waals surface area (Å²) in [7, 11) is 0. The minimum Gasteiger partial charge on any atom is -0.369 e. The lowest BCUT2D eigenvalue weighted by atomic mass is 9.68. The molecular formula is C31H35N3O. The summed E-state index contributed by atoms with van der Waals surface area (Å²) in [6.07, 6.45) is 7.18. The number of anilines is 1. The molecule has 0 N–H and O–H groups in total. The molecular weight excluding hydrogens is 430 g/mol. The first-order valence-corrected chi connectivity index (χ1v) is 13.4. The summed E-state index contributed by atoms with van der Waals surface area (Å²) in [5.41, 5.74) is 9.30. The van der Waals surface area contributed by atoms with Crippen molar-refractivity contribution in [1.82, 2.24) is 4.90 Å². The van der Waals surface area contributed by atoms with Gasteiger partial charge in [-0.15, -0.1) is 0 Å². The lowest BCUT2D eigenvalue weighted by molar-refractivity contribution is 0.105. The molecule has 0 atom stereocenters. The van der Waals surface area contributed by atoms with Crippen LogP contribution in [0.15, 0.2) is 35.9 Å². The van der Waals surface area contributed by atoms with Crippen LogP contribution in [-0.4, -0.2) is 42.9 Å². The van der Waals surface area contributed by atoms with Gasteiger partial charge in [0.1, 0.15) is 0 Å². The van der Waals surface area contributed by atoms with Crippen molar-refractivity contribution in [1.29, 1.82) is 5.26 Å². The predicted octanol–water partition coefficient (Wildman–Crippen LogP) is 5.67. The number of hydrogen-bond donors (Lipinski definition) is 0. The van der Waals surface area contributed by atoms with E-state index in [1.165, 1.54) is 48.1 Å². The molecule has 0 spiro atoms. The van der Waals surface area contributed by atoms with Crippen LogP contribution in [0.25, 0.3) is 5.57 Å². The second-order valence-electron chi connectivity index (χ2n) is 11.3. The molecule has 1 saturated heterocycles. The van der Waals surface area contributed by atoms with Gasteiger partial charge in [0.15, 0.2) is 5.78 Å². The molecule has 1 saturated carbocycles. The Morgan fingerprint density at radius 1 is 1.03 bits per heavy atom. The molecule has 0 aromatic heterocycles. The average Bonchev–Trinajstić information content (AvgIpc) is 3.55. The minimum atomic E-state index is -0.225. The van der Waals surface area contributed by atoms with Crippen molar-refractivity contribution < 1.29 is 4.79 Å². The SMILES string of the molecule is CCc1cc2c(cc1N1CCN(C3CCCC3)CC1)C(C)(C)C1=C(C2=O)c2ccc(C#N)cc2C1. The van der Waals surface area contributed by atoms with Gasteiger partial charge in [0.05, 0.1) is 11.6 Å². The molecule has 2 fully saturated rings. The van der Waals surface area contributed by atoms with Gasteiger partial charge < -0.3 is 4.90 Å². The van der Waals surface area contributed by atoms with Crippen LogP contribution in [0.1, 0.15) is 84.6 Å². The molecule has 6 rings (SSSR count). The molecule has 0 bridgehead atoms. The van der Waals surface area contributed by atoms with Crippen molar-refractivity contribution in [3.63, 3.8) is 0 Å². The first-order chi connectivity index (χ1) is 16.9. The standard InChI is InChI=1S/C31H35N3O/c1-4-21-16-25-26(18-28(21)34-13-11-33(12-14-34)23-7-5-6-8-23)31(2,3)27-17-22-15-20(19-32)9-10-24(22)29(27)30(25)35/h9-10,15-16,18,23H,4-8,11-14,17H2,1-3H3. The number of rotatable bonds is 3. The molecule has 3 aliphatic carbocycles. The van der Waals surface area contributed by atoms with Crippen LogP contribution in [0, 0.1) is 11.3 Å². The van der Waals surface area contributed by atoms with E-state index in [0.717, 1.165) is 67.3 Å². The van der Waals surface area contributed by atoms with Crippen LogP contribution in [0.4, 0.5) is 5.69 Å². The molecule has 1 heterocycles.